The molecular formula is C2H7AlClNO2. The van der Waals surface area contributed by atoms with Gasteiger partial charge in [-0.05, 0) is 0 Å². The molecule has 0 fully saturated rings. The summed E-state index contributed by atoms with van der Waals surface area (Å²) in [5.74, 6) is -0.920. The van der Waals surface area contributed by atoms with Crippen LogP contribution < -0.4 is 5.73 Å². The second-order valence-electron chi connectivity index (χ2n) is 0.738. The first kappa shape index (κ1) is 10.3. The Bertz CT molecular complexity index is 66.7. The minimum atomic E-state index is -1.54. The molecule has 0 radical (unpaired) electrons. The lowest BCUT2D eigenvalue weighted by Gasteiger charge is -1.87. The van der Waals surface area contributed by atoms with Crippen LogP contribution in [0.4, 0.5) is 0 Å². The smallest absolute Gasteiger partial charge is 0.261 e. The summed E-state index contributed by atoms with van der Waals surface area (Å²) in [7, 11) is 0. The van der Waals surface area contributed by atoms with Crippen LogP contribution in [0.25, 0.3) is 0 Å². The predicted molar refractivity (Wildman–Crippen MR) is 31.0 cm³/mol. The number of hydrogen-bond donors (Lipinski definition) is 2. The zero-order valence-electron chi connectivity index (χ0n) is 2.89. The summed E-state index contributed by atoms with van der Waals surface area (Å²) in [4.78, 5) is 9.54. The van der Waals surface area contributed by atoms with Gasteiger partial charge in [-0.1, -0.05) is 11.6 Å². The zero-order chi connectivity index (χ0) is 5.15. The van der Waals surface area contributed by atoms with E-state index in [0.717, 1.165) is 0 Å². The highest BCUT2D eigenvalue weighted by Gasteiger charge is 2.01. The molecule has 0 aromatic heterocycles. The van der Waals surface area contributed by atoms with E-state index in [1.54, 1.807) is 0 Å². The van der Waals surface area contributed by atoms with Gasteiger partial charge in [-0.2, -0.15) is 0 Å². The van der Waals surface area contributed by atoms with Crippen LogP contribution in [0, 0.1) is 0 Å². The number of primary amides is 1. The van der Waals surface area contributed by atoms with Gasteiger partial charge in [-0.15, -0.1) is 0 Å². The number of alkyl halides is 1. The van der Waals surface area contributed by atoms with Gasteiger partial charge in [-0.3, -0.25) is 4.79 Å². The molecule has 0 aromatic rings. The van der Waals surface area contributed by atoms with Crippen LogP contribution in [-0.2, 0) is 4.79 Å². The molecule has 1 unspecified atom stereocenters. The molecule has 3 nitrogen and oxygen atoms in total. The normalized spacial score (nSPS) is 11.7. The number of rotatable bonds is 1. The topological polar surface area (TPSA) is 63.3 Å². The molecular weight excluding hydrogens is 132 g/mol. The summed E-state index contributed by atoms with van der Waals surface area (Å²) >= 11 is 4.69. The first-order valence-corrected chi connectivity index (χ1v) is 1.69. The van der Waals surface area contributed by atoms with Crippen molar-refractivity contribution in [3.63, 3.8) is 0 Å². The Morgan fingerprint density at radius 3 is 2.00 bits per heavy atom. The maximum Gasteiger partial charge on any atom is 0.261 e. The minimum absolute atomic E-state index is 0. The van der Waals surface area contributed by atoms with Crippen molar-refractivity contribution in [3.8, 4) is 0 Å². The van der Waals surface area contributed by atoms with E-state index in [9.17, 15) is 4.79 Å². The van der Waals surface area contributed by atoms with Gasteiger partial charge in [0.25, 0.3) is 5.91 Å². The number of halogens is 1. The molecule has 0 saturated heterocycles. The van der Waals surface area contributed by atoms with Crippen LogP contribution in [0.2, 0.25) is 0 Å². The van der Waals surface area contributed by atoms with E-state index in [1.807, 2.05) is 0 Å². The molecule has 3 N–H and O–H groups in total. The van der Waals surface area contributed by atoms with Crippen LogP contribution in [-0.4, -0.2) is 33.9 Å². The zero-order valence-corrected chi connectivity index (χ0v) is 3.64. The van der Waals surface area contributed by atoms with Gasteiger partial charge >= 0.3 is 0 Å². The van der Waals surface area contributed by atoms with Crippen molar-refractivity contribution in [1.29, 1.82) is 0 Å². The highest BCUT2D eigenvalue weighted by molar-refractivity contribution is 6.29. The quantitative estimate of drug-likeness (QED) is 0.321. The molecule has 0 aliphatic carbocycles. The third-order valence-corrected chi connectivity index (χ3v) is 0.450. The highest BCUT2D eigenvalue weighted by Crippen LogP contribution is 1.82. The van der Waals surface area contributed by atoms with Crippen molar-refractivity contribution < 1.29 is 9.90 Å². The van der Waals surface area contributed by atoms with E-state index in [4.69, 9.17) is 16.7 Å². The average molecular weight is 140 g/mol. The molecule has 0 saturated carbocycles. The lowest BCUT2D eigenvalue weighted by atomic mass is 10.7. The number of nitrogens with two attached hydrogens (primary N) is 1. The lowest BCUT2D eigenvalue weighted by Crippen LogP contribution is -2.22. The van der Waals surface area contributed by atoms with Crippen molar-refractivity contribution in [2.24, 2.45) is 5.73 Å². The fourth-order valence-corrected chi connectivity index (χ4v) is 0. The first-order chi connectivity index (χ1) is 2.64. The molecule has 7 heavy (non-hydrogen) atoms. The van der Waals surface area contributed by atoms with Crippen molar-refractivity contribution in [3.05, 3.63) is 0 Å². The molecule has 0 aliphatic heterocycles. The van der Waals surface area contributed by atoms with Crippen LogP contribution >= 0.6 is 11.6 Å². The molecule has 1 atom stereocenters. The number of hydrogen-bond acceptors (Lipinski definition) is 2. The number of aliphatic hydroxyl groups excluding tert-OH is 1. The Morgan fingerprint density at radius 2 is 2.00 bits per heavy atom. The first-order valence-electron chi connectivity index (χ1n) is 1.26. The van der Waals surface area contributed by atoms with Crippen LogP contribution in [0.5, 0.6) is 0 Å². The summed E-state index contributed by atoms with van der Waals surface area (Å²) in [5, 5.41) is 7.92. The second kappa shape index (κ2) is 4.41. The van der Waals surface area contributed by atoms with E-state index >= 15 is 0 Å². The van der Waals surface area contributed by atoms with Crippen molar-refractivity contribution in [2.75, 3.05) is 0 Å². The van der Waals surface area contributed by atoms with Crippen molar-refractivity contribution in [1.82, 2.24) is 0 Å². The fourth-order valence-electron chi connectivity index (χ4n) is 0. The van der Waals surface area contributed by atoms with Gasteiger partial charge in [0, 0.05) is 0 Å². The van der Waals surface area contributed by atoms with E-state index in [0.29, 0.717) is 0 Å². The van der Waals surface area contributed by atoms with Crippen LogP contribution in [0.15, 0.2) is 0 Å². The molecule has 42 valence electrons. The monoisotopic (exact) mass is 139 g/mol. The van der Waals surface area contributed by atoms with Gasteiger partial charge in [0.1, 0.15) is 0 Å². The standard InChI is InChI=1S/C2H4ClNO2.Al.3H/c3-1(5)2(4)6;;;;/h1,5H,(H2,4,6);;;;. The summed E-state index contributed by atoms with van der Waals surface area (Å²) in [5.41, 5.74) is 2.88. The molecule has 5 heteroatoms. The van der Waals surface area contributed by atoms with Gasteiger partial charge < -0.3 is 10.8 Å². The van der Waals surface area contributed by atoms with Gasteiger partial charge in [0.15, 0.2) is 17.4 Å². The van der Waals surface area contributed by atoms with Crippen LogP contribution in [0.1, 0.15) is 0 Å². The third kappa shape index (κ3) is 6.25. The maximum absolute atomic E-state index is 9.54. The maximum atomic E-state index is 9.54. The second-order valence-corrected chi connectivity index (χ2v) is 1.15. The van der Waals surface area contributed by atoms with E-state index in [-0.39, 0.29) is 17.4 Å². The van der Waals surface area contributed by atoms with Crippen molar-refractivity contribution >= 4 is 34.9 Å². The minimum Gasteiger partial charge on any atom is -0.370 e. The lowest BCUT2D eigenvalue weighted by molar-refractivity contribution is -0.122. The molecule has 0 aliphatic rings. The van der Waals surface area contributed by atoms with E-state index < -0.39 is 11.5 Å². The summed E-state index contributed by atoms with van der Waals surface area (Å²) in [6.45, 7) is 0. The number of amides is 1. The van der Waals surface area contributed by atoms with Gasteiger partial charge in [-0.25, -0.2) is 0 Å². The molecule has 0 aromatic carbocycles. The molecule has 0 bridgehead atoms. The predicted octanol–water partition coefficient (Wildman–Crippen LogP) is -2.16. The Labute approximate surface area is 56.6 Å². The van der Waals surface area contributed by atoms with E-state index in [1.165, 1.54) is 0 Å². The summed E-state index contributed by atoms with van der Waals surface area (Å²) < 4.78 is 0. The summed E-state index contributed by atoms with van der Waals surface area (Å²) in [6.07, 6.45) is 0. The summed E-state index contributed by atoms with van der Waals surface area (Å²) in [6, 6.07) is 0. The number of carbonyl (C=O) groups is 1. The largest absolute Gasteiger partial charge is 0.370 e. The van der Waals surface area contributed by atoms with Crippen molar-refractivity contribution in [2.45, 2.75) is 5.56 Å². The van der Waals surface area contributed by atoms with Gasteiger partial charge in [0.05, 0.1) is 0 Å². The fraction of sp³-hybridized carbons (Fsp3) is 0.500. The average Bonchev–Trinajstić information content (AvgIpc) is 1.36. The number of aliphatic hydroxyl groups is 1. The Morgan fingerprint density at radius 1 is 1.86 bits per heavy atom. The SMILES string of the molecule is NC(=O)C(O)Cl.[AlH3]. The van der Waals surface area contributed by atoms with E-state index in [2.05, 4.69) is 5.73 Å². The third-order valence-electron chi connectivity index (χ3n) is 0.235. The Kier molecular flexibility index (Phi) is 6.48. The molecule has 1 amide bonds. The van der Waals surface area contributed by atoms with Gasteiger partial charge in [0.2, 0.25) is 5.56 Å². The molecule has 0 rings (SSSR count). The highest BCUT2D eigenvalue weighted by atomic mass is 35.5. The Hall–Kier alpha value is 0.252. The van der Waals surface area contributed by atoms with Crippen LogP contribution in [0.3, 0.4) is 0 Å². The molecule has 0 heterocycles. The Balaban J connectivity index is 0. The molecule has 0 spiro atoms. The number of carbonyl (C=O) groups excluding carboxylic acids is 1.